The molecule has 1 amide bonds. The molecule has 0 radical (unpaired) electrons. The van der Waals surface area contributed by atoms with E-state index in [-0.39, 0.29) is 17.4 Å². The van der Waals surface area contributed by atoms with Gasteiger partial charge >= 0.3 is 0 Å². The van der Waals surface area contributed by atoms with Gasteiger partial charge in [0.1, 0.15) is 0 Å². The van der Waals surface area contributed by atoms with Gasteiger partial charge < -0.3 is 11.5 Å². The minimum absolute atomic E-state index is 0.0637. The number of rotatable bonds is 1. The first kappa shape index (κ1) is 7.80. The van der Waals surface area contributed by atoms with Crippen LogP contribution in [0, 0.1) is 23.2 Å². The first-order valence-corrected chi connectivity index (χ1v) is 5.19. The van der Waals surface area contributed by atoms with Crippen molar-refractivity contribution in [1.82, 2.24) is 0 Å². The van der Waals surface area contributed by atoms with E-state index >= 15 is 0 Å². The van der Waals surface area contributed by atoms with E-state index in [4.69, 9.17) is 11.5 Å². The van der Waals surface area contributed by atoms with Crippen molar-refractivity contribution < 1.29 is 4.79 Å². The third kappa shape index (κ3) is 0.725. The van der Waals surface area contributed by atoms with E-state index < -0.39 is 0 Å². The highest BCUT2D eigenvalue weighted by Crippen LogP contribution is 2.63. The van der Waals surface area contributed by atoms with Gasteiger partial charge in [0.05, 0.1) is 5.41 Å². The summed E-state index contributed by atoms with van der Waals surface area (Å²) in [5.74, 6) is 1.92. The zero-order valence-corrected chi connectivity index (χ0v) is 7.70. The van der Waals surface area contributed by atoms with Gasteiger partial charge in [-0.15, -0.1) is 0 Å². The normalized spacial score (nSPS) is 57.3. The average molecular weight is 180 g/mol. The topological polar surface area (TPSA) is 69.1 Å². The van der Waals surface area contributed by atoms with E-state index in [0.29, 0.717) is 11.8 Å². The summed E-state index contributed by atoms with van der Waals surface area (Å²) < 4.78 is 0. The quantitative estimate of drug-likeness (QED) is 0.606. The predicted octanol–water partition coefficient (Wildman–Crippen LogP) is 0.235. The van der Waals surface area contributed by atoms with Gasteiger partial charge in [-0.05, 0) is 43.4 Å². The predicted molar refractivity (Wildman–Crippen MR) is 48.5 cm³/mol. The van der Waals surface area contributed by atoms with Gasteiger partial charge in [0.2, 0.25) is 5.91 Å². The molecule has 4 aliphatic carbocycles. The van der Waals surface area contributed by atoms with Crippen LogP contribution in [0.4, 0.5) is 0 Å². The lowest BCUT2D eigenvalue weighted by molar-refractivity contribution is -0.131. The number of primary amides is 1. The summed E-state index contributed by atoms with van der Waals surface area (Å²) >= 11 is 0. The van der Waals surface area contributed by atoms with Crippen LogP contribution < -0.4 is 11.5 Å². The van der Waals surface area contributed by atoms with E-state index in [9.17, 15) is 4.79 Å². The fraction of sp³-hybridized carbons (Fsp3) is 0.900. The zero-order chi connectivity index (χ0) is 9.22. The Balaban J connectivity index is 2.04. The summed E-state index contributed by atoms with van der Waals surface area (Å²) in [5, 5.41) is 0. The van der Waals surface area contributed by atoms with Crippen molar-refractivity contribution in [1.29, 1.82) is 0 Å². The van der Waals surface area contributed by atoms with Crippen molar-refractivity contribution in [3.63, 3.8) is 0 Å². The van der Waals surface area contributed by atoms with Crippen molar-refractivity contribution in [2.75, 3.05) is 0 Å². The molecule has 0 aromatic heterocycles. The maximum atomic E-state index is 11.5. The summed E-state index contributed by atoms with van der Waals surface area (Å²) in [7, 11) is 0. The second-order valence-electron chi connectivity index (χ2n) is 5.22. The monoisotopic (exact) mass is 180 g/mol. The van der Waals surface area contributed by atoms with Crippen molar-refractivity contribution >= 4 is 5.91 Å². The Labute approximate surface area is 77.8 Å². The second-order valence-corrected chi connectivity index (χ2v) is 5.22. The molecule has 3 nitrogen and oxygen atoms in total. The number of amides is 1. The van der Waals surface area contributed by atoms with Gasteiger partial charge in [0.15, 0.2) is 0 Å². The highest BCUT2D eigenvalue weighted by molar-refractivity contribution is 5.82. The molecular formula is C10H16N2O. The van der Waals surface area contributed by atoms with Gasteiger partial charge in [-0.1, -0.05) is 0 Å². The van der Waals surface area contributed by atoms with Gasteiger partial charge in [0, 0.05) is 6.04 Å². The third-order valence-electron chi connectivity index (χ3n) is 4.72. The van der Waals surface area contributed by atoms with Crippen LogP contribution >= 0.6 is 0 Å². The zero-order valence-electron chi connectivity index (χ0n) is 7.70. The molecular weight excluding hydrogens is 164 g/mol. The molecule has 13 heavy (non-hydrogen) atoms. The molecule has 0 aromatic carbocycles. The van der Waals surface area contributed by atoms with E-state index in [1.807, 2.05) is 0 Å². The standard InChI is InChI=1S/C10H16N2O/c11-8-7-2-5-1-6(7)4-10(8,3-5)9(12)13/h5-8H,1-4,11H2,(H2,12,13). The maximum absolute atomic E-state index is 11.5. The number of hydrogen-bond acceptors (Lipinski definition) is 2. The summed E-state index contributed by atoms with van der Waals surface area (Å²) in [5.41, 5.74) is 11.3. The Morgan fingerprint density at radius 1 is 1.31 bits per heavy atom. The van der Waals surface area contributed by atoms with Crippen LogP contribution in [0.25, 0.3) is 0 Å². The Kier molecular flexibility index (Phi) is 1.25. The van der Waals surface area contributed by atoms with Crippen molar-refractivity contribution in [3.8, 4) is 0 Å². The smallest absolute Gasteiger partial charge is 0.225 e. The molecule has 5 atom stereocenters. The molecule has 4 saturated carbocycles. The van der Waals surface area contributed by atoms with Gasteiger partial charge in [-0.25, -0.2) is 0 Å². The van der Waals surface area contributed by atoms with E-state index in [1.54, 1.807) is 0 Å². The number of carbonyl (C=O) groups is 1. The number of nitrogens with two attached hydrogens (primary N) is 2. The van der Waals surface area contributed by atoms with Crippen LogP contribution in [0.5, 0.6) is 0 Å². The van der Waals surface area contributed by atoms with Crippen LogP contribution in [0.3, 0.4) is 0 Å². The Bertz CT molecular complexity index is 274. The van der Waals surface area contributed by atoms with Crippen LogP contribution in [0.15, 0.2) is 0 Å². The van der Waals surface area contributed by atoms with E-state index in [2.05, 4.69) is 0 Å². The lowest BCUT2D eigenvalue weighted by Gasteiger charge is -2.39. The highest BCUT2D eigenvalue weighted by Gasteiger charge is 2.63. The maximum Gasteiger partial charge on any atom is 0.225 e. The largest absolute Gasteiger partial charge is 0.369 e. The molecule has 4 aliphatic rings. The van der Waals surface area contributed by atoms with Gasteiger partial charge in [0.25, 0.3) is 0 Å². The average Bonchev–Trinajstić information content (AvgIpc) is 2.46. The molecule has 0 spiro atoms. The Hall–Kier alpha value is -0.570. The molecule has 0 aliphatic heterocycles. The van der Waals surface area contributed by atoms with Gasteiger partial charge in [-0.3, -0.25) is 4.79 Å². The van der Waals surface area contributed by atoms with E-state index in [0.717, 1.165) is 18.8 Å². The van der Waals surface area contributed by atoms with Crippen LogP contribution in [-0.2, 0) is 4.79 Å². The molecule has 0 aromatic rings. The lowest BCUT2D eigenvalue weighted by atomic mass is 9.67. The molecule has 3 heteroatoms. The fourth-order valence-electron chi connectivity index (χ4n) is 4.23. The minimum atomic E-state index is -0.309. The third-order valence-corrected chi connectivity index (χ3v) is 4.72. The Morgan fingerprint density at radius 2 is 2.08 bits per heavy atom. The number of carbonyl (C=O) groups excluding carboxylic acids is 1. The van der Waals surface area contributed by atoms with Crippen molar-refractivity contribution in [2.45, 2.75) is 31.7 Å². The molecule has 4 rings (SSSR count). The first-order chi connectivity index (χ1) is 6.13. The molecule has 0 saturated heterocycles. The minimum Gasteiger partial charge on any atom is -0.369 e. The van der Waals surface area contributed by atoms with Crippen LogP contribution in [0.2, 0.25) is 0 Å². The van der Waals surface area contributed by atoms with Crippen LogP contribution in [-0.4, -0.2) is 11.9 Å². The summed E-state index contributed by atoms with van der Waals surface area (Å²) in [6.07, 6.45) is 4.50. The fourth-order valence-corrected chi connectivity index (χ4v) is 4.23. The summed E-state index contributed by atoms with van der Waals surface area (Å²) in [4.78, 5) is 11.5. The Morgan fingerprint density at radius 3 is 2.69 bits per heavy atom. The summed E-state index contributed by atoms with van der Waals surface area (Å²) in [6.45, 7) is 0. The SMILES string of the molecule is NC(=O)C12CC3CC(C1)C(C3)C2N. The first-order valence-electron chi connectivity index (χ1n) is 5.19. The molecule has 4 N–H and O–H groups in total. The van der Waals surface area contributed by atoms with Gasteiger partial charge in [-0.2, -0.15) is 0 Å². The molecule has 72 valence electrons. The summed E-state index contributed by atoms with van der Waals surface area (Å²) in [6, 6.07) is 0.0637. The molecule has 4 bridgehead atoms. The van der Waals surface area contributed by atoms with Crippen LogP contribution in [0.1, 0.15) is 25.7 Å². The highest BCUT2D eigenvalue weighted by atomic mass is 16.1. The second kappa shape index (κ2) is 2.08. The van der Waals surface area contributed by atoms with Crippen molar-refractivity contribution in [2.24, 2.45) is 34.6 Å². The molecule has 5 unspecified atom stereocenters. The lowest BCUT2D eigenvalue weighted by Crippen LogP contribution is -2.52. The van der Waals surface area contributed by atoms with Crippen molar-refractivity contribution in [3.05, 3.63) is 0 Å². The number of hydrogen-bond donors (Lipinski definition) is 2. The molecule has 4 fully saturated rings. The molecule has 0 heterocycles. The van der Waals surface area contributed by atoms with E-state index in [1.165, 1.54) is 12.8 Å².